The molecule has 3 N–H and O–H groups in total. The Morgan fingerprint density at radius 1 is 1.38 bits per heavy atom. The quantitative estimate of drug-likeness (QED) is 0.477. The number of hydrogen-bond donors (Lipinski definition) is 3. The van der Waals surface area contributed by atoms with E-state index >= 15 is 0 Å². The Labute approximate surface area is 119 Å². The first-order valence-electron chi connectivity index (χ1n) is 6.33. The number of aliphatic hydroxyl groups is 2. The van der Waals surface area contributed by atoms with Crippen LogP contribution in [-0.4, -0.2) is 50.8 Å². The largest absolute Gasteiger partial charge is 0.479 e. The van der Waals surface area contributed by atoms with Crippen molar-refractivity contribution < 1.29 is 34.5 Å². The van der Waals surface area contributed by atoms with Crippen molar-refractivity contribution in [1.82, 2.24) is 0 Å². The summed E-state index contributed by atoms with van der Waals surface area (Å²) >= 11 is 0. The molecule has 2 aliphatic rings. The number of allylic oxidation sites excluding steroid dienone is 4. The first kappa shape index (κ1) is 15.4. The Morgan fingerprint density at radius 3 is 2.62 bits per heavy atom. The molecule has 9 nitrogen and oxygen atoms in total. The van der Waals surface area contributed by atoms with Gasteiger partial charge in [-0.3, -0.25) is 10.1 Å². The molecule has 0 radical (unpaired) electrons. The van der Waals surface area contributed by atoms with E-state index in [1.807, 2.05) is 0 Å². The molecular weight excluding hydrogens is 286 g/mol. The van der Waals surface area contributed by atoms with E-state index in [4.69, 9.17) is 14.6 Å². The zero-order valence-electron chi connectivity index (χ0n) is 10.9. The fourth-order valence-corrected chi connectivity index (χ4v) is 2.14. The van der Waals surface area contributed by atoms with Crippen molar-refractivity contribution in [2.45, 2.75) is 43.9 Å². The van der Waals surface area contributed by atoms with Gasteiger partial charge in [0.05, 0.1) is 11.0 Å². The van der Waals surface area contributed by atoms with Crippen LogP contribution in [0, 0.1) is 10.1 Å². The topological polar surface area (TPSA) is 139 Å². The van der Waals surface area contributed by atoms with Crippen molar-refractivity contribution in [2.24, 2.45) is 0 Å². The van der Waals surface area contributed by atoms with Gasteiger partial charge in [0.2, 0.25) is 12.0 Å². The molecule has 1 aliphatic carbocycles. The highest BCUT2D eigenvalue weighted by Crippen LogP contribution is 2.27. The summed E-state index contributed by atoms with van der Waals surface area (Å²) in [6, 6.07) is 0. The maximum absolute atomic E-state index is 10.9. The summed E-state index contributed by atoms with van der Waals surface area (Å²) in [4.78, 5) is 21.0. The zero-order chi connectivity index (χ0) is 15.6. The second-order valence-corrected chi connectivity index (χ2v) is 4.78. The Kier molecular flexibility index (Phi) is 4.56. The lowest BCUT2D eigenvalue weighted by atomic mass is 10.0. The van der Waals surface area contributed by atoms with Crippen LogP contribution in [0.2, 0.25) is 0 Å². The number of carboxylic acid groups (broad SMARTS) is 1. The highest BCUT2D eigenvalue weighted by molar-refractivity contribution is 5.73. The minimum absolute atomic E-state index is 0.0609. The number of aliphatic carboxylic acids is 1. The van der Waals surface area contributed by atoms with Gasteiger partial charge in [0, 0.05) is 25.3 Å². The molecule has 0 aromatic heterocycles. The van der Waals surface area contributed by atoms with Crippen molar-refractivity contribution in [3.8, 4) is 0 Å². The van der Waals surface area contributed by atoms with Crippen molar-refractivity contribution >= 4 is 5.97 Å². The highest BCUT2D eigenvalue weighted by atomic mass is 16.7. The molecule has 21 heavy (non-hydrogen) atoms. The third-order valence-corrected chi connectivity index (χ3v) is 3.29. The minimum atomic E-state index is -1.58. The summed E-state index contributed by atoms with van der Waals surface area (Å²) in [7, 11) is 0. The number of ether oxygens (including phenoxy) is 2. The van der Waals surface area contributed by atoms with Crippen molar-refractivity contribution in [1.29, 1.82) is 0 Å². The third kappa shape index (κ3) is 3.57. The predicted octanol–water partition coefficient (Wildman–Crippen LogP) is -0.237. The van der Waals surface area contributed by atoms with Crippen molar-refractivity contribution in [3.05, 3.63) is 33.7 Å². The summed E-state index contributed by atoms with van der Waals surface area (Å²) in [5.41, 5.74) is 0.0609. The van der Waals surface area contributed by atoms with Gasteiger partial charge in [0.25, 0.3) is 0 Å². The zero-order valence-corrected chi connectivity index (χ0v) is 10.9. The van der Waals surface area contributed by atoms with Crippen LogP contribution >= 0.6 is 0 Å². The molecule has 0 aromatic carbocycles. The molecule has 1 aliphatic heterocycles. The molecule has 0 bridgehead atoms. The Bertz CT molecular complexity index is 499. The van der Waals surface area contributed by atoms with E-state index in [0.29, 0.717) is 5.76 Å². The smallest absolute Gasteiger partial charge is 0.335 e. The second-order valence-electron chi connectivity index (χ2n) is 4.78. The van der Waals surface area contributed by atoms with Gasteiger partial charge in [0.15, 0.2) is 6.10 Å². The van der Waals surface area contributed by atoms with E-state index in [2.05, 4.69) is 0 Å². The summed E-state index contributed by atoms with van der Waals surface area (Å²) in [5.74, 6) is -0.999. The molecule has 9 heteroatoms. The SMILES string of the molecule is O=C(O)C1O[C@@H](OC2=CC=C([N+](=O)[O-])CC2)C[C@@H](O)[C@@H]1O. The first-order valence-corrected chi connectivity index (χ1v) is 6.33. The molecule has 1 heterocycles. The fraction of sp³-hybridized carbons (Fsp3) is 0.583. The molecule has 0 spiro atoms. The monoisotopic (exact) mass is 301 g/mol. The third-order valence-electron chi connectivity index (χ3n) is 3.29. The number of carboxylic acids is 1. The molecule has 1 fully saturated rings. The number of nitrogens with zero attached hydrogens (tertiary/aromatic N) is 1. The molecule has 1 unspecified atom stereocenters. The van der Waals surface area contributed by atoms with E-state index in [9.17, 15) is 25.1 Å². The molecule has 0 saturated carbocycles. The van der Waals surface area contributed by atoms with Gasteiger partial charge in [-0.1, -0.05) is 0 Å². The van der Waals surface area contributed by atoms with Crippen molar-refractivity contribution in [2.75, 3.05) is 0 Å². The lowest BCUT2D eigenvalue weighted by Gasteiger charge is -2.35. The number of hydrogen-bond acceptors (Lipinski definition) is 7. The Balaban J connectivity index is 2.00. The average Bonchev–Trinajstić information content (AvgIpc) is 2.43. The molecular formula is C12H15NO8. The predicted molar refractivity (Wildman–Crippen MR) is 66.4 cm³/mol. The normalized spacial score (nSPS) is 32.9. The molecule has 116 valence electrons. The van der Waals surface area contributed by atoms with E-state index in [1.54, 1.807) is 0 Å². The van der Waals surface area contributed by atoms with E-state index < -0.39 is 35.5 Å². The Hall–Kier alpha value is -1.97. The standard InChI is InChI=1S/C12H15NO8/c14-8-5-9(21-11(10(8)15)12(16)17)20-7-3-1-6(2-4-7)13(18)19/h1,3,8-11,14-15H,2,4-5H2,(H,16,17)/t8-,9-,10+,11?/m1/s1. The van der Waals surface area contributed by atoms with E-state index in [-0.39, 0.29) is 25.0 Å². The summed E-state index contributed by atoms with van der Waals surface area (Å²) in [6.07, 6.45) is -2.30. The van der Waals surface area contributed by atoms with Gasteiger partial charge < -0.3 is 24.8 Å². The summed E-state index contributed by atoms with van der Waals surface area (Å²) in [6.45, 7) is 0. The van der Waals surface area contributed by atoms with Crippen LogP contribution in [0.4, 0.5) is 0 Å². The first-order chi connectivity index (χ1) is 9.88. The van der Waals surface area contributed by atoms with Crippen LogP contribution < -0.4 is 0 Å². The maximum Gasteiger partial charge on any atom is 0.335 e. The highest BCUT2D eigenvalue weighted by Gasteiger charge is 2.42. The van der Waals surface area contributed by atoms with Crippen molar-refractivity contribution in [3.63, 3.8) is 0 Å². The van der Waals surface area contributed by atoms with E-state index in [1.165, 1.54) is 12.2 Å². The van der Waals surface area contributed by atoms with Crippen LogP contribution in [0.5, 0.6) is 0 Å². The summed E-state index contributed by atoms with van der Waals surface area (Å²) < 4.78 is 10.5. The van der Waals surface area contributed by atoms with Gasteiger partial charge in [-0.2, -0.15) is 0 Å². The van der Waals surface area contributed by atoms with Crippen LogP contribution in [0.25, 0.3) is 0 Å². The number of nitro groups is 1. The fourth-order valence-electron chi connectivity index (χ4n) is 2.14. The van der Waals surface area contributed by atoms with Gasteiger partial charge in [0.1, 0.15) is 11.9 Å². The molecule has 2 rings (SSSR count). The van der Waals surface area contributed by atoms with Crippen LogP contribution in [0.1, 0.15) is 19.3 Å². The van der Waals surface area contributed by atoms with Crippen LogP contribution in [0.3, 0.4) is 0 Å². The Morgan fingerprint density at radius 2 is 2.10 bits per heavy atom. The number of aliphatic hydroxyl groups excluding tert-OH is 2. The number of carbonyl (C=O) groups is 1. The average molecular weight is 301 g/mol. The lowest BCUT2D eigenvalue weighted by molar-refractivity contribution is -0.428. The van der Waals surface area contributed by atoms with E-state index in [0.717, 1.165) is 0 Å². The lowest BCUT2D eigenvalue weighted by Crippen LogP contribution is -2.52. The van der Waals surface area contributed by atoms with Crippen LogP contribution in [-0.2, 0) is 14.3 Å². The number of rotatable bonds is 4. The molecule has 0 amide bonds. The van der Waals surface area contributed by atoms with Gasteiger partial charge in [-0.25, -0.2) is 4.79 Å². The van der Waals surface area contributed by atoms with Gasteiger partial charge in [-0.05, 0) is 6.08 Å². The molecule has 1 saturated heterocycles. The van der Waals surface area contributed by atoms with Crippen LogP contribution in [0.15, 0.2) is 23.6 Å². The van der Waals surface area contributed by atoms with Gasteiger partial charge in [-0.15, -0.1) is 0 Å². The summed E-state index contributed by atoms with van der Waals surface area (Å²) in [5, 5.41) is 38.6. The second kappa shape index (κ2) is 6.20. The molecule has 4 atom stereocenters. The minimum Gasteiger partial charge on any atom is -0.479 e. The molecule has 0 aromatic rings. The maximum atomic E-state index is 10.9. The van der Waals surface area contributed by atoms with Gasteiger partial charge >= 0.3 is 5.97 Å².